The van der Waals surface area contributed by atoms with Crippen LogP contribution in [0.25, 0.3) is 0 Å². The van der Waals surface area contributed by atoms with E-state index in [0.29, 0.717) is 11.6 Å². The van der Waals surface area contributed by atoms with Gasteiger partial charge in [-0.1, -0.05) is 24.9 Å². The van der Waals surface area contributed by atoms with Crippen molar-refractivity contribution in [2.45, 2.75) is 19.8 Å². The van der Waals surface area contributed by atoms with Gasteiger partial charge in [0.15, 0.2) is 0 Å². The Morgan fingerprint density at radius 1 is 1.50 bits per heavy atom. The van der Waals surface area contributed by atoms with E-state index in [4.69, 9.17) is 11.6 Å². The molecule has 6 heteroatoms. The molecule has 0 aromatic heterocycles. The highest BCUT2D eigenvalue weighted by Crippen LogP contribution is 2.23. The number of unbranched alkanes of at least 4 members (excludes halogenated alkanes) is 1. The smallest absolute Gasteiger partial charge is 0.282 e. The molecule has 0 heterocycles. The molecule has 0 N–H and O–H groups in total. The Bertz CT molecular complexity index is 463. The topological polar surface area (TPSA) is 63.5 Å². The van der Waals surface area contributed by atoms with Crippen LogP contribution in [0.4, 0.5) is 5.69 Å². The molecule has 1 aromatic rings. The SMILES string of the molecule is CCCCN(C)C(=O)c1cc(Cl)ccc1[N+](=O)[O-]. The van der Waals surface area contributed by atoms with Crippen LogP contribution in [0.2, 0.25) is 5.02 Å². The van der Waals surface area contributed by atoms with Gasteiger partial charge in [0.1, 0.15) is 5.56 Å². The van der Waals surface area contributed by atoms with E-state index in [0.717, 1.165) is 12.8 Å². The number of carbonyl (C=O) groups is 1. The van der Waals surface area contributed by atoms with E-state index in [1.807, 2.05) is 6.92 Å². The van der Waals surface area contributed by atoms with Crippen molar-refractivity contribution in [1.82, 2.24) is 4.90 Å². The molecule has 0 saturated heterocycles. The van der Waals surface area contributed by atoms with Crippen molar-refractivity contribution >= 4 is 23.2 Å². The van der Waals surface area contributed by atoms with E-state index in [2.05, 4.69) is 0 Å². The quantitative estimate of drug-likeness (QED) is 0.610. The summed E-state index contributed by atoms with van der Waals surface area (Å²) in [6.45, 7) is 2.58. The molecule has 0 atom stereocenters. The minimum absolute atomic E-state index is 0.0334. The number of nitrogens with zero attached hydrogens (tertiary/aromatic N) is 2. The van der Waals surface area contributed by atoms with E-state index in [9.17, 15) is 14.9 Å². The lowest BCUT2D eigenvalue weighted by atomic mass is 10.1. The Balaban J connectivity index is 3.03. The lowest BCUT2D eigenvalue weighted by Gasteiger charge is -2.16. The first-order chi connectivity index (χ1) is 8.47. The van der Waals surface area contributed by atoms with E-state index in [1.165, 1.54) is 23.1 Å². The Labute approximate surface area is 110 Å². The molecule has 0 aliphatic rings. The van der Waals surface area contributed by atoms with Crippen LogP contribution in [0.3, 0.4) is 0 Å². The molecule has 18 heavy (non-hydrogen) atoms. The molecule has 0 saturated carbocycles. The van der Waals surface area contributed by atoms with Gasteiger partial charge in [-0.15, -0.1) is 0 Å². The van der Waals surface area contributed by atoms with Crippen molar-refractivity contribution < 1.29 is 9.72 Å². The summed E-state index contributed by atoms with van der Waals surface area (Å²) in [5.41, 5.74) is -0.182. The van der Waals surface area contributed by atoms with Gasteiger partial charge in [-0.05, 0) is 18.6 Å². The second-order valence-electron chi connectivity index (χ2n) is 4.00. The highest BCUT2D eigenvalue weighted by molar-refractivity contribution is 6.31. The van der Waals surface area contributed by atoms with E-state index >= 15 is 0 Å². The molecule has 5 nitrogen and oxygen atoms in total. The number of benzene rings is 1. The third-order valence-corrected chi connectivity index (χ3v) is 2.81. The van der Waals surface area contributed by atoms with Gasteiger partial charge < -0.3 is 4.90 Å². The molecule has 0 unspecified atom stereocenters. The molecule has 0 aliphatic heterocycles. The van der Waals surface area contributed by atoms with Gasteiger partial charge in [0.25, 0.3) is 11.6 Å². The maximum Gasteiger partial charge on any atom is 0.282 e. The van der Waals surface area contributed by atoms with Crippen LogP contribution in [-0.2, 0) is 0 Å². The fourth-order valence-electron chi connectivity index (χ4n) is 1.54. The second kappa shape index (κ2) is 6.35. The van der Waals surface area contributed by atoms with Gasteiger partial charge in [0.05, 0.1) is 4.92 Å². The molecule has 0 aliphatic carbocycles. The van der Waals surface area contributed by atoms with E-state index < -0.39 is 4.92 Å². The molecule has 0 radical (unpaired) electrons. The average Bonchev–Trinajstić information content (AvgIpc) is 2.34. The van der Waals surface area contributed by atoms with Crippen molar-refractivity contribution in [2.24, 2.45) is 0 Å². The van der Waals surface area contributed by atoms with Crippen LogP contribution in [0.5, 0.6) is 0 Å². The van der Waals surface area contributed by atoms with Crippen molar-refractivity contribution in [3.8, 4) is 0 Å². The maximum absolute atomic E-state index is 12.1. The number of halogens is 1. The second-order valence-corrected chi connectivity index (χ2v) is 4.44. The molecule has 1 rings (SSSR count). The van der Waals surface area contributed by atoms with Gasteiger partial charge in [0, 0.05) is 24.7 Å². The summed E-state index contributed by atoms with van der Waals surface area (Å²) < 4.78 is 0. The predicted octanol–water partition coefficient (Wildman–Crippen LogP) is 3.12. The molecule has 0 bridgehead atoms. The van der Waals surface area contributed by atoms with Crippen LogP contribution in [-0.4, -0.2) is 29.3 Å². The van der Waals surface area contributed by atoms with Gasteiger partial charge in [-0.3, -0.25) is 14.9 Å². The normalized spacial score (nSPS) is 10.2. The highest BCUT2D eigenvalue weighted by Gasteiger charge is 2.22. The summed E-state index contributed by atoms with van der Waals surface area (Å²) in [7, 11) is 1.63. The summed E-state index contributed by atoms with van der Waals surface area (Å²) in [6.07, 6.45) is 1.81. The number of carbonyl (C=O) groups excluding carboxylic acids is 1. The minimum atomic E-state index is -0.572. The van der Waals surface area contributed by atoms with E-state index in [-0.39, 0.29) is 17.2 Å². The fourth-order valence-corrected chi connectivity index (χ4v) is 1.71. The number of hydrogen-bond donors (Lipinski definition) is 0. The summed E-state index contributed by atoms with van der Waals surface area (Å²) in [5.74, 6) is -0.377. The molecule has 0 spiro atoms. The Morgan fingerprint density at radius 3 is 2.72 bits per heavy atom. The van der Waals surface area contributed by atoms with Crippen molar-refractivity contribution in [1.29, 1.82) is 0 Å². The monoisotopic (exact) mass is 270 g/mol. The van der Waals surface area contributed by atoms with Crippen molar-refractivity contribution in [3.63, 3.8) is 0 Å². The number of hydrogen-bond acceptors (Lipinski definition) is 3. The van der Waals surface area contributed by atoms with Crippen LogP contribution in [0.15, 0.2) is 18.2 Å². The zero-order valence-corrected chi connectivity index (χ0v) is 11.1. The molecular formula is C12H15ClN2O3. The third-order valence-electron chi connectivity index (χ3n) is 2.58. The fraction of sp³-hybridized carbons (Fsp3) is 0.417. The molecule has 0 fully saturated rings. The molecule has 98 valence electrons. The lowest BCUT2D eigenvalue weighted by molar-refractivity contribution is -0.385. The lowest BCUT2D eigenvalue weighted by Crippen LogP contribution is -2.28. The maximum atomic E-state index is 12.1. The van der Waals surface area contributed by atoms with Crippen LogP contribution in [0.1, 0.15) is 30.1 Å². The largest absolute Gasteiger partial charge is 0.341 e. The Hall–Kier alpha value is -1.62. The highest BCUT2D eigenvalue weighted by atomic mass is 35.5. The Kier molecular flexibility index (Phi) is 5.09. The van der Waals surface area contributed by atoms with Crippen LogP contribution < -0.4 is 0 Å². The van der Waals surface area contributed by atoms with Gasteiger partial charge in [-0.25, -0.2) is 0 Å². The molecule has 1 amide bonds. The predicted molar refractivity (Wildman–Crippen MR) is 70.0 cm³/mol. The third kappa shape index (κ3) is 3.43. The summed E-state index contributed by atoms with van der Waals surface area (Å²) in [6, 6.07) is 4.00. The summed E-state index contributed by atoms with van der Waals surface area (Å²) in [4.78, 5) is 23.9. The standard InChI is InChI=1S/C12H15ClN2O3/c1-3-4-7-14(2)12(16)10-8-9(13)5-6-11(10)15(17)18/h5-6,8H,3-4,7H2,1-2H3. The number of nitro benzene ring substituents is 1. The van der Waals surface area contributed by atoms with Crippen molar-refractivity contribution in [2.75, 3.05) is 13.6 Å². The minimum Gasteiger partial charge on any atom is -0.341 e. The van der Waals surface area contributed by atoms with Crippen LogP contribution in [0, 0.1) is 10.1 Å². The number of nitro groups is 1. The van der Waals surface area contributed by atoms with E-state index in [1.54, 1.807) is 7.05 Å². The first-order valence-corrected chi connectivity index (χ1v) is 6.04. The van der Waals surface area contributed by atoms with Gasteiger partial charge in [-0.2, -0.15) is 0 Å². The van der Waals surface area contributed by atoms with Crippen LogP contribution >= 0.6 is 11.6 Å². The number of amides is 1. The molecular weight excluding hydrogens is 256 g/mol. The van der Waals surface area contributed by atoms with Gasteiger partial charge >= 0.3 is 0 Å². The number of rotatable bonds is 5. The average molecular weight is 271 g/mol. The summed E-state index contributed by atoms with van der Waals surface area (Å²) in [5, 5.41) is 11.2. The zero-order chi connectivity index (χ0) is 13.7. The first kappa shape index (κ1) is 14.4. The zero-order valence-electron chi connectivity index (χ0n) is 10.4. The van der Waals surface area contributed by atoms with Crippen molar-refractivity contribution in [3.05, 3.63) is 38.9 Å². The first-order valence-electron chi connectivity index (χ1n) is 5.66. The Morgan fingerprint density at radius 2 is 2.17 bits per heavy atom. The van der Waals surface area contributed by atoms with Gasteiger partial charge in [0.2, 0.25) is 0 Å². The summed E-state index contributed by atoms with van der Waals surface area (Å²) >= 11 is 5.78. The molecule has 1 aromatic carbocycles.